The van der Waals surface area contributed by atoms with E-state index in [1.807, 2.05) is 25.1 Å². The van der Waals surface area contributed by atoms with Gasteiger partial charge in [0.05, 0.1) is 6.10 Å². The molecule has 1 spiro atoms. The van der Waals surface area contributed by atoms with Crippen molar-refractivity contribution in [2.24, 2.45) is 23.7 Å². The van der Waals surface area contributed by atoms with Gasteiger partial charge in [0.25, 0.3) is 0 Å². The van der Waals surface area contributed by atoms with Gasteiger partial charge in [-0.1, -0.05) is 32.9 Å². The van der Waals surface area contributed by atoms with Crippen molar-refractivity contribution in [3.05, 3.63) is 29.8 Å². The summed E-state index contributed by atoms with van der Waals surface area (Å²) in [5.41, 5.74) is 1.54. The van der Waals surface area contributed by atoms with Crippen LogP contribution in [0.3, 0.4) is 0 Å². The van der Waals surface area contributed by atoms with E-state index in [1.54, 1.807) is 0 Å². The average molecular weight is 444 g/mol. The van der Waals surface area contributed by atoms with Crippen molar-refractivity contribution >= 4 is 11.6 Å². The summed E-state index contributed by atoms with van der Waals surface area (Å²) >= 11 is 0. The van der Waals surface area contributed by atoms with Crippen LogP contribution in [0.15, 0.2) is 24.3 Å². The summed E-state index contributed by atoms with van der Waals surface area (Å²) in [7, 11) is 0. The Balaban J connectivity index is 1.29. The smallest absolute Gasteiger partial charge is 0.224 e. The molecule has 6 rings (SSSR count). The van der Waals surface area contributed by atoms with E-state index >= 15 is 0 Å². The topological polar surface area (TPSA) is 66.0 Å². The zero-order valence-electron chi connectivity index (χ0n) is 19.8. The standard InChI is InChI=1S/C26H37NO5/c1-5-18-7-6-8-19(15-18)27-23(28)12-11-22-17(3)21-10-9-16(2)20-13-14-25(4)30-24(29-22)26(20,21)32-31-25/h6-8,15-17,20-22,24H,5,9-14H2,1-4H3,(H,27,28)/t16-,17-,20+,21+,22-,24-,25-,26-/m1/s1. The molecule has 2 bridgehead atoms. The normalized spacial score (nSPS) is 42.8. The third kappa shape index (κ3) is 3.69. The summed E-state index contributed by atoms with van der Waals surface area (Å²) in [4.78, 5) is 24.8. The molecule has 5 aliphatic rings. The average Bonchev–Trinajstić information content (AvgIpc) is 3.01. The van der Waals surface area contributed by atoms with Gasteiger partial charge in [-0.3, -0.25) is 4.79 Å². The van der Waals surface area contributed by atoms with E-state index in [-0.39, 0.29) is 17.9 Å². The molecular formula is C26H37NO5. The van der Waals surface area contributed by atoms with Crippen LogP contribution in [-0.2, 0) is 30.5 Å². The van der Waals surface area contributed by atoms with Gasteiger partial charge >= 0.3 is 0 Å². The number of nitrogens with one attached hydrogen (secondary N) is 1. The predicted octanol–water partition coefficient (Wildman–Crippen LogP) is 5.22. The van der Waals surface area contributed by atoms with Crippen molar-refractivity contribution in [3.63, 3.8) is 0 Å². The van der Waals surface area contributed by atoms with Crippen LogP contribution in [0.4, 0.5) is 5.69 Å². The van der Waals surface area contributed by atoms with E-state index < -0.39 is 17.7 Å². The van der Waals surface area contributed by atoms with Gasteiger partial charge in [-0.05, 0) is 74.5 Å². The number of hydrogen-bond donors (Lipinski definition) is 1. The molecule has 1 aliphatic carbocycles. The SMILES string of the molecule is CCc1cccc(NC(=O)CC[C@H]2O[C@@H]3O[C@@]4(C)CC[C@H]5[C@H](C)CC[C@@H]([C@H]2C)[C@@]35OO4)c1. The van der Waals surface area contributed by atoms with E-state index in [1.165, 1.54) is 12.0 Å². The second kappa shape index (κ2) is 8.39. The summed E-state index contributed by atoms with van der Waals surface area (Å²) in [6.07, 6.45) is 5.68. The third-order valence-corrected chi connectivity index (χ3v) is 8.57. The quantitative estimate of drug-likeness (QED) is 0.632. The highest BCUT2D eigenvalue weighted by molar-refractivity contribution is 5.90. The van der Waals surface area contributed by atoms with Gasteiger partial charge in [0.15, 0.2) is 11.9 Å². The third-order valence-electron chi connectivity index (χ3n) is 8.57. The van der Waals surface area contributed by atoms with Crippen LogP contribution < -0.4 is 5.32 Å². The Morgan fingerprint density at radius 2 is 2.00 bits per heavy atom. The molecule has 1 aromatic carbocycles. The molecule has 176 valence electrons. The van der Waals surface area contributed by atoms with Crippen molar-refractivity contribution < 1.29 is 24.0 Å². The molecule has 1 aromatic rings. The van der Waals surface area contributed by atoms with Gasteiger partial charge in [-0.25, -0.2) is 9.78 Å². The van der Waals surface area contributed by atoms with E-state index in [4.69, 9.17) is 19.2 Å². The minimum absolute atomic E-state index is 0.0272. The fraction of sp³-hybridized carbons (Fsp3) is 0.731. The van der Waals surface area contributed by atoms with Gasteiger partial charge < -0.3 is 14.8 Å². The number of aryl methyl sites for hydroxylation is 1. The fourth-order valence-corrected chi connectivity index (χ4v) is 6.67. The van der Waals surface area contributed by atoms with Crippen molar-refractivity contribution in [3.8, 4) is 0 Å². The number of ether oxygens (including phenoxy) is 2. The summed E-state index contributed by atoms with van der Waals surface area (Å²) < 4.78 is 13.0. The number of anilines is 1. The number of carbonyl (C=O) groups excluding carboxylic acids is 1. The number of rotatable bonds is 5. The summed E-state index contributed by atoms with van der Waals surface area (Å²) in [6, 6.07) is 8.05. The zero-order chi connectivity index (χ0) is 22.5. The van der Waals surface area contributed by atoms with Crippen LogP contribution in [0.2, 0.25) is 0 Å². The zero-order valence-corrected chi connectivity index (χ0v) is 19.8. The Morgan fingerprint density at radius 3 is 2.81 bits per heavy atom. The van der Waals surface area contributed by atoms with Crippen molar-refractivity contribution in [2.45, 2.75) is 96.4 Å². The van der Waals surface area contributed by atoms with Crippen molar-refractivity contribution in [1.82, 2.24) is 0 Å². The van der Waals surface area contributed by atoms with E-state index in [9.17, 15) is 4.79 Å². The summed E-state index contributed by atoms with van der Waals surface area (Å²) in [6.45, 7) is 8.64. The first-order valence-corrected chi connectivity index (χ1v) is 12.4. The van der Waals surface area contributed by atoms with E-state index in [0.29, 0.717) is 30.6 Å². The Labute approximate surface area is 191 Å². The Kier molecular flexibility index (Phi) is 5.85. The number of fused-ring (bicyclic) bond motifs is 2. The van der Waals surface area contributed by atoms with Gasteiger partial charge in [0.2, 0.25) is 11.7 Å². The number of amides is 1. The summed E-state index contributed by atoms with van der Waals surface area (Å²) in [5.74, 6) is 0.766. The molecule has 1 N–H and O–H groups in total. The molecule has 6 nitrogen and oxygen atoms in total. The van der Waals surface area contributed by atoms with Gasteiger partial charge in [0, 0.05) is 24.4 Å². The largest absolute Gasteiger partial charge is 0.346 e. The minimum atomic E-state index is -0.760. The van der Waals surface area contributed by atoms with Crippen molar-refractivity contribution in [1.29, 1.82) is 0 Å². The molecular weight excluding hydrogens is 406 g/mol. The molecule has 4 saturated heterocycles. The van der Waals surface area contributed by atoms with Crippen LogP contribution in [0.5, 0.6) is 0 Å². The van der Waals surface area contributed by atoms with E-state index in [0.717, 1.165) is 31.4 Å². The lowest BCUT2D eigenvalue weighted by Crippen LogP contribution is -2.70. The van der Waals surface area contributed by atoms with Gasteiger partial charge in [0.1, 0.15) is 0 Å². The number of benzene rings is 1. The Morgan fingerprint density at radius 1 is 1.16 bits per heavy atom. The molecule has 4 heterocycles. The molecule has 6 heteroatoms. The molecule has 1 saturated carbocycles. The second-order valence-electron chi connectivity index (χ2n) is 10.6. The number of carbonyl (C=O) groups is 1. The molecule has 0 unspecified atom stereocenters. The maximum absolute atomic E-state index is 12.7. The Hall–Kier alpha value is -1.47. The van der Waals surface area contributed by atoms with Crippen LogP contribution >= 0.6 is 0 Å². The van der Waals surface area contributed by atoms with E-state index in [2.05, 4.69) is 32.2 Å². The van der Waals surface area contributed by atoms with Crippen LogP contribution in [0.25, 0.3) is 0 Å². The monoisotopic (exact) mass is 443 g/mol. The lowest BCUT2D eigenvalue weighted by molar-refractivity contribution is -0.571. The summed E-state index contributed by atoms with van der Waals surface area (Å²) in [5, 5.41) is 3.05. The van der Waals surface area contributed by atoms with Gasteiger partial charge in [-0.15, -0.1) is 0 Å². The Bertz CT molecular complexity index is 860. The lowest BCUT2D eigenvalue weighted by atomic mass is 9.57. The molecule has 4 aliphatic heterocycles. The molecule has 5 fully saturated rings. The predicted molar refractivity (Wildman–Crippen MR) is 121 cm³/mol. The van der Waals surface area contributed by atoms with Crippen LogP contribution in [0, 0.1) is 23.7 Å². The first kappa shape index (κ1) is 22.3. The maximum Gasteiger partial charge on any atom is 0.224 e. The molecule has 0 radical (unpaired) electrons. The van der Waals surface area contributed by atoms with Crippen LogP contribution in [0.1, 0.15) is 71.8 Å². The van der Waals surface area contributed by atoms with Crippen LogP contribution in [-0.4, -0.2) is 29.7 Å². The second-order valence-corrected chi connectivity index (χ2v) is 10.6. The van der Waals surface area contributed by atoms with Gasteiger partial charge in [-0.2, -0.15) is 0 Å². The highest BCUT2D eigenvalue weighted by Crippen LogP contribution is 2.60. The molecule has 1 amide bonds. The minimum Gasteiger partial charge on any atom is -0.346 e. The number of hydrogen-bond acceptors (Lipinski definition) is 5. The first-order valence-electron chi connectivity index (χ1n) is 12.4. The molecule has 0 aromatic heterocycles. The molecule has 8 atom stereocenters. The highest BCUT2D eigenvalue weighted by Gasteiger charge is 2.69. The maximum atomic E-state index is 12.7. The molecule has 32 heavy (non-hydrogen) atoms. The lowest BCUT2D eigenvalue weighted by Gasteiger charge is -2.60. The fourth-order valence-electron chi connectivity index (χ4n) is 6.67. The highest BCUT2D eigenvalue weighted by atomic mass is 17.3. The first-order chi connectivity index (χ1) is 15.3. The van der Waals surface area contributed by atoms with Crippen molar-refractivity contribution in [2.75, 3.05) is 5.32 Å².